The maximum atomic E-state index is 13.9. The molecular formula is C19H18FN3O6S. The van der Waals surface area contributed by atoms with Crippen molar-refractivity contribution in [1.82, 2.24) is 14.6 Å². The first-order valence-electron chi connectivity index (χ1n) is 8.83. The normalized spacial score (nSPS) is 14.8. The first-order chi connectivity index (χ1) is 14.2. The number of amides is 1. The van der Waals surface area contributed by atoms with E-state index in [0.29, 0.717) is 17.6 Å². The van der Waals surface area contributed by atoms with Gasteiger partial charge in [0.2, 0.25) is 10.0 Å². The van der Waals surface area contributed by atoms with Gasteiger partial charge in [-0.2, -0.15) is 4.31 Å². The third-order valence-electron chi connectivity index (χ3n) is 4.48. The van der Waals surface area contributed by atoms with Crippen LogP contribution in [0.25, 0.3) is 5.57 Å². The second-order valence-electron chi connectivity index (χ2n) is 6.44. The Bertz CT molecular complexity index is 1130. The van der Waals surface area contributed by atoms with Gasteiger partial charge in [-0.1, -0.05) is 18.2 Å². The minimum absolute atomic E-state index is 0.00755. The number of carbonyl (C=O) groups excluding carboxylic acids is 1. The highest BCUT2D eigenvalue weighted by Crippen LogP contribution is 2.29. The molecule has 158 valence electrons. The number of halogens is 1. The number of rotatable bonds is 6. The number of carboxylic acid groups (broad SMARTS) is 1. The van der Waals surface area contributed by atoms with Crippen LogP contribution in [0.3, 0.4) is 0 Å². The number of benzene rings is 1. The molecular weight excluding hydrogens is 417 g/mol. The van der Waals surface area contributed by atoms with Crippen molar-refractivity contribution in [2.45, 2.75) is 11.3 Å². The Kier molecular flexibility index (Phi) is 6.13. The van der Waals surface area contributed by atoms with E-state index >= 15 is 0 Å². The first kappa shape index (κ1) is 21.4. The molecule has 11 heteroatoms. The molecule has 1 aromatic carbocycles. The van der Waals surface area contributed by atoms with Crippen molar-refractivity contribution in [3.63, 3.8) is 0 Å². The fourth-order valence-corrected chi connectivity index (χ4v) is 4.41. The van der Waals surface area contributed by atoms with E-state index in [2.05, 4.69) is 10.3 Å². The quantitative estimate of drug-likeness (QED) is 0.620. The highest BCUT2D eigenvalue weighted by atomic mass is 32.2. The average Bonchev–Trinajstić information content (AvgIpc) is 2.72. The van der Waals surface area contributed by atoms with Gasteiger partial charge in [0.15, 0.2) is 5.69 Å². The molecule has 9 nitrogen and oxygen atoms in total. The number of pyridine rings is 1. The van der Waals surface area contributed by atoms with Crippen LogP contribution in [0.4, 0.5) is 4.39 Å². The number of aliphatic carboxylic acids is 1. The molecule has 0 fully saturated rings. The summed E-state index contributed by atoms with van der Waals surface area (Å²) in [5.74, 6) is -3.32. The molecule has 30 heavy (non-hydrogen) atoms. The molecule has 3 N–H and O–H groups in total. The van der Waals surface area contributed by atoms with Crippen molar-refractivity contribution in [1.29, 1.82) is 0 Å². The zero-order valence-corrected chi connectivity index (χ0v) is 16.4. The molecule has 1 amide bonds. The predicted octanol–water partition coefficient (Wildman–Crippen LogP) is 1.22. The summed E-state index contributed by atoms with van der Waals surface area (Å²) in [5.41, 5.74) is 0.876. The summed E-state index contributed by atoms with van der Waals surface area (Å²) in [6.45, 7) is -0.503. The van der Waals surface area contributed by atoms with Crippen LogP contribution >= 0.6 is 0 Å². The topological polar surface area (TPSA) is 137 Å². The zero-order valence-electron chi connectivity index (χ0n) is 15.6. The van der Waals surface area contributed by atoms with E-state index < -0.39 is 44.9 Å². The van der Waals surface area contributed by atoms with Crippen LogP contribution in [0, 0.1) is 5.82 Å². The van der Waals surface area contributed by atoms with Crippen molar-refractivity contribution in [3.8, 4) is 5.75 Å². The van der Waals surface area contributed by atoms with E-state index in [1.807, 2.05) is 0 Å². The van der Waals surface area contributed by atoms with Crippen LogP contribution in [0.15, 0.2) is 47.5 Å². The number of carbonyl (C=O) groups is 2. The number of aromatic hydroxyl groups is 1. The van der Waals surface area contributed by atoms with Gasteiger partial charge in [-0.25, -0.2) is 17.8 Å². The average molecular weight is 435 g/mol. The number of nitrogens with one attached hydrogen (secondary N) is 1. The van der Waals surface area contributed by atoms with Crippen LogP contribution in [-0.4, -0.2) is 59.4 Å². The summed E-state index contributed by atoms with van der Waals surface area (Å²) in [5, 5.41) is 20.8. The highest BCUT2D eigenvalue weighted by molar-refractivity contribution is 7.89. The SMILES string of the molecule is O=C(O)CNC(=O)c1ncc(C2=CCN(S(=O)(=O)c3ccccc3F)CC2)cc1O. The molecule has 3 rings (SSSR count). The number of hydrogen-bond donors (Lipinski definition) is 3. The molecule has 1 aromatic heterocycles. The van der Waals surface area contributed by atoms with Crippen molar-refractivity contribution in [2.24, 2.45) is 0 Å². The van der Waals surface area contributed by atoms with Crippen molar-refractivity contribution < 1.29 is 32.6 Å². The zero-order chi connectivity index (χ0) is 21.9. The van der Waals surface area contributed by atoms with Crippen LogP contribution in [0.5, 0.6) is 5.75 Å². The predicted molar refractivity (Wildman–Crippen MR) is 104 cm³/mol. The molecule has 0 saturated heterocycles. The first-order valence-corrected chi connectivity index (χ1v) is 10.3. The fraction of sp³-hybridized carbons (Fsp3) is 0.211. The lowest BCUT2D eigenvalue weighted by Crippen LogP contribution is -2.35. The smallest absolute Gasteiger partial charge is 0.322 e. The minimum atomic E-state index is -3.99. The van der Waals surface area contributed by atoms with Gasteiger partial charge in [0.05, 0.1) is 0 Å². The third kappa shape index (κ3) is 4.47. The van der Waals surface area contributed by atoms with Gasteiger partial charge in [-0.05, 0) is 35.8 Å². The standard InChI is InChI=1S/C19H18FN3O6S/c20-14-3-1-2-4-16(14)30(28,29)23-7-5-12(6-8-23)13-9-15(24)18(21-10-13)19(27)22-11-17(25)26/h1-5,9-10,24H,6-8,11H2,(H,22,27)(H,25,26). The molecule has 1 aliphatic heterocycles. The second kappa shape index (κ2) is 8.59. The molecule has 0 bridgehead atoms. The monoisotopic (exact) mass is 435 g/mol. The summed E-state index contributed by atoms with van der Waals surface area (Å²) in [6.07, 6.45) is 3.25. The van der Waals surface area contributed by atoms with Gasteiger partial charge < -0.3 is 15.5 Å². The summed E-state index contributed by atoms with van der Waals surface area (Å²) in [4.78, 5) is 25.9. The van der Waals surface area contributed by atoms with Gasteiger partial charge in [-0.15, -0.1) is 0 Å². The minimum Gasteiger partial charge on any atom is -0.505 e. The van der Waals surface area contributed by atoms with Crippen LogP contribution in [0.1, 0.15) is 22.5 Å². The molecule has 0 saturated carbocycles. The Morgan fingerprint density at radius 1 is 1.27 bits per heavy atom. The number of sulfonamides is 1. The molecule has 2 heterocycles. The van der Waals surface area contributed by atoms with E-state index in [9.17, 15) is 27.5 Å². The number of aromatic nitrogens is 1. The van der Waals surface area contributed by atoms with E-state index in [1.165, 1.54) is 30.5 Å². The third-order valence-corrected chi connectivity index (χ3v) is 6.38. The van der Waals surface area contributed by atoms with E-state index in [0.717, 1.165) is 10.4 Å². The van der Waals surface area contributed by atoms with E-state index in [1.54, 1.807) is 6.08 Å². The number of nitrogens with zero attached hydrogens (tertiary/aromatic N) is 2. The number of carboxylic acids is 1. The van der Waals surface area contributed by atoms with E-state index in [4.69, 9.17) is 5.11 Å². The Hall–Kier alpha value is -3.31. The summed E-state index contributed by atoms with van der Waals surface area (Å²) < 4.78 is 40.4. The van der Waals surface area contributed by atoms with Gasteiger partial charge in [0.1, 0.15) is 23.0 Å². The lowest BCUT2D eigenvalue weighted by Gasteiger charge is -2.26. The van der Waals surface area contributed by atoms with Gasteiger partial charge in [0, 0.05) is 19.3 Å². The number of hydrogen-bond acceptors (Lipinski definition) is 6. The summed E-state index contributed by atoms with van der Waals surface area (Å²) >= 11 is 0. The summed E-state index contributed by atoms with van der Waals surface area (Å²) in [6, 6.07) is 6.45. The summed E-state index contributed by atoms with van der Waals surface area (Å²) in [7, 11) is -3.99. The largest absolute Gasteiger partial charge is 0.505 e. The Morgan fingerprint density at radius 2 is 2.00 bits per heavy atom. The van der Waals surface area contributed by atoms with Crippen molar-refractivity contribution >= 4 is 27.5 Å². The van der Waals surface area contributed by atoms with Crippen LogP contribution in [-0.2, 0) is 14.8 Å². The van der Waals surface area contributed by atoms with Crippen LogP contribution in [0.2, 0.25) is 0 Å². The van der Waals surface area contributed by atoms with Gasteiger partial charge in [-0.3, -0.25) is 9.59 Å². The van der Waals surface area contributed by atoms with Crippen molar-refractivity contribution in [2.75, 3.05) is 19.6 Å². The lowest BCUT2D eigenvalue weighted by atomic mass is 10.0. The molecule has 2 aromatic rings. The van der Waals surface area contributed by atoms with E-state index in [-0.39, 0.29) is 18.8 Å². The van der Waals surface area contributed by atoms with Gasteiger partial charge in [0.25, 0.3) is 5.91 Å². The molecule has 0 unspecified atom stereocenters. The lowest BCUT2D eigenvalue weighted by molar-refractivity contribution is -0.135. The van der Waals surface area contributed by atoms with Gasteiger partial charge >= 0.3 is 5.97 Å². The Balaban J connectivity index is 1.76. The Labute approximate surface area is 171 Å². The molecule has 0 spiro atoms. The molecule has 0 radical (unpaired) electrons. The second-order valence-corrected chi connectivity index (χ2v) is 8.35. The maximum absolute atomic E-state index is 13.9. The van der Waals surface area contributed by atoms with Crippen LogP contribution < -0.4 is 5.32 Å². The molecule has 0 aliphatic carbocycles. The van der Waals surface area contributed by atoms with Crippen molar-refractivity contribution in [3.05, 3.63) is 59.7 Å². The Morgan fingerprint density at radius 3 is 2.60 bits per heavy atom. The highest BCUT2D eigenvalue weighted by Gasteiger charge is 2.29. The molecule has 0 atom stereocenters. The molecule has 1 aliphatic rings. The maximum Gasteiger partial charge on any atom is 0.322 e. The fourth-order valence-electron chi connectivity index (χ4n) is 2.97.